The van der Waals surface area contributed by atoms with Crippen molar-refractivity contribution in [1.29, 1.82) is 0 Å². The first kappa shape index (κ1) is 30.1. The summed E-state index contributed by atoms with van der Waals surface area (Å²) in [7, 11) is 0. The monoisotopic (exact) mass is 671 g/mol. The standard InChI is InChI=1S/C27H25N7O6S4/c28-27-30-16(12-43-27)20(32-40)23(36)31-21-24(37)34-22(26(38)39)13(11-42-25(21)34)3-8-41-19-10-17(35)15-2-1-14(9-18(15)44-19)33-6-4-29-5-7-33/h1-3,8-10,12,21,25,29,40H,4-7,11H2,(H2,28,30)(H,31,36)(H,38,39)/t21?,25-/m0/s1. The predicted octanol–water partition coefficient (Wildman–Crippen LogP) is 1.93. The zero-order valence-electron chi connectivity index (χ0n) is 22.8. The van der Waals surface area contributed by atoms with Crippen LogP contribution in [0.3, 0.4) is 0 Å². The smallest absolute Gasteiger partial charge is 0.352 e. The van der Waals surface area contributed by atoms with E-state index in [1.54, 1.807) is 17.6 Å². The molecule has 2 amide bonds. The van der Waals surface area contributed by atoms with Crippen molar-refractivity contribution in [2.45, 2.75) is 15.6 Å². The maximum absolute atomic E-state index is 13.0. The Bertz CT molecular complexity index is 1810. The molecule has 1 unspecified atom stereocenters. The highest BCUT2D eigenvalue weighted by Crippen LogP contribution is 2.41. The third-order valence-electron chi connectivity index (χ3n) is 7.19. The zero-order chi connectivity index (χ0) is 31.0. The first-order valence-corrected chi connectivity index (χ1v) is 16.9. The number of carboxylic acids is 1. The molecule has 0 bridgehead atoms. The number of nitrogens with zero attached hydrogens (tertiary/aromatic N) is 4. The third kappa shape index (κ3) is 5.80. The van der Waals surface area contributed by atoms with Crippen LogP contribution in [0.2, 0.25) is 0 Å². The molecule has 0 saturated carbocycles. The van der Waals surface area contributed by atoms with Gasteiger partial charge in [0.05, 0.1) is 4.21 Å². The average Bonchev–Trinajstić information content (AvgIpc) is 3.45. The van der Waals surface area contributed by atoms with Crippen LogP contribution in [0.1, 0.15) is 5.69 Å². The molecule has 2 fully saturated rings. The number of nitrogens with one attached hydrogen (secondary N) is 2. The van der Waals surface area contributed by atoms with Crippen LogP contribution in [-0.2, 0) is 14.4 Å². The van der Waals surface area contributed by atoms with Crippen molar-refractivity contribution >= 4 is 90.6 Å². The number of nitrogens with two attached hydrogens (primary N) is 1. The largest absolute Gasteiger partial charge is 0.477 e. The van der Waals surface area contributed by atoms with Gasteiger partial charge in [0, 0.05) is 59.2 Å². The molecule has 5 heterocycles. The third-order valence-corrected chi connectivity index (χ3v) is 11.2. The summed E-state index contributed by atoms with van der Waals surface area (Å²) >= 11 is 5.14. The average molecular weight is 672 g/mol. The highest BCUT2D eigenvalue weighted by molar-refractivity contribution is 8.04. The van der Waals surface area contributed by atoms with Gasteiger partial charge in [-0.25, -0.2) is 9.78 Å². The lowest BCUT2D eigenvalue weighted by molar-refractivity contribution is -0.150. The summed E-state index contributed by atoms with van der Waals surface area (Å²) in [5, 5.41) is 31.5. The lowest BCUT2D eigenvalue weighted by atomic mass is 10.0. The van der Waals surface area contributed by atoms with Crippen molar-refractivity contribution in [1.82, 2.24) is 20.5 Å². The number of carbonyl (C=O) groups excluding carboxylic acids is 2. The van der Waals surface area contributed by atoms with E-state index in [9.17, 15) is 29.5 Å². The maximum atomic E-state index is 13.0. The van der Waals surface area contributed by atoms with Gasteiger partial charge in [-0.05, 0) is 35.3 Å². The summed E-state index contributed by atoms with van der Waals surface area (Å²) in [6.07, 6.45) is 1.64. The van der Waals surface area contributed by atoms with Crippen molar-refractivity contribution in [3.8, 4) is 0 Å². The molecular weight excluding hydrogens is 647 g/mol. The molecule has 44 heavy (non-hydrogen) atoms. The van der Waals surface area contributed by atoms with E-state index in [1.165, 1.54) is 40.2 Å². The minimum atomic E-state index is -1.27. The molecule has 0 aliphatic carbocycles. The molecule has 2 atom stereocenters. The van der Waals surface area contributed by atoms with Crippen LogP contribution in [0.15, 0.2) is 66.6 Å². The van der Waals surface area contributed by atoms with E-state index in [2.05, 4.69) is 25.7 Å². The molecule has 17 heteroatoms. The van der Waals surface area contributed by atoms with Gasteiger partial charge in [-0.15, -0.1) is 34.4 Å². The van der Waals surface area contributed by atoms with Gasteiger partial charge in [0.15, 0.2) is 16.3 Å². The van der Waals surface area contributed by atoms with Gasteiger partial charge in [0.25, 0.3) is 11.8 Å². The summed E-state index contributed by atoms with van der Waals surface area (Å²) in [6.45, 7) is 3.60. The molecule has 0 spiro atoms. The number of carbonyl (C=O) groups is 3. The Kier molecular flexibility index (Phi) is 8.64. The number of amides is 2. The molecule has 0 radical (unpaired) electrons. The number of piperazine rings is 1. The van der Waals surface area contributed by atoms with Gasteiger partial charge in [0.2, 0.25) is 0 Å². The van der Waals surface area contributed by atoms with Gasteiger partial charge < -0.3 is 31.6 Å². The minimum Gasteiger partial charge on any atom is -0.477 e. The van der Waals surface area contributed by atoms with Crippen molar-refractivity contribution in [3.05, 3.63) is 68.3 Å². The number of aliphatic carboxylic acids is 1. The Morgan fingerprint density at radius 1 is 1.23 bits per heavy atom. The van der Waals surface area contributed by atoms with Crippen molar-refractivity contribution in [3.63, 3.8) is 0 Å². The Hall–Kier alpha value is -3.90. The molecule has 13 nitrogen and oxygen atoms in total. The molecule has 6 N–H and O–H groups in total. The van der Waals surface area contributed by atoms with E-state index in [1.807, 2.05) is 18.2 Å². The van der Waals surface area contributed by atoms with E-state index in [-0.39, 0.29) is 27.7 Å². The SMILES string of the molecule is Nc1nc(C(=NO)C(=O)NC2C(=O)N3C(C(=O)O)=C(C=CSc4cc(=O)c5ccc(N6CCNCC6)cc5s4)CS[C@@H]23)cs1. The Balaban J connectivity index is 1.17. The van der Waals surface area contributed by atoms with Crippen molar-refractivity contribution in [2.75, 3.05) is 42.6 Å². The quantitative estimate of drug-likeness (QED) is 0.0770. The van der Waals surface area contributed by atoms with Gasteiger partial charge in [-0.1, -0.05) is 16.9 Å². The second-order valence-electron chi connectivity index (χ2n) is 9.83. The fraction of sp³-hybridized carbons (Fsp3) is 0.259. The molecule has 3 aromatic rings. The van der Waals surface area contributed by atoms with E-state index in [4.69, 9.17) is 5.73 Å². The number of allylic oxidation sites excluding steroid dienone is 1. The number of aromatic nitrogens is 1. The Morgan fingerprint density at radius 2 is 2.02 bits per heavy atom. The lowest BCUT2D eigenvalue weighted by Crippen LogP contribution is -2.71. The normalized spacial score (nSPS) is 20.6. The zero-order valence-corrected chi connectivity index (χ0v) is 26.0. The molecule has 6 rings (SSSR count). The molecule has 1 aromatic carbocycles. The number of benzene rings is 1. The van der Waals surface area contributed by atoms with E-state index >= 15 is 0 Å². The minimum absolute atomic E-state index is 0.0555. The van der Waals surface area contributed by atoms with Crippen LogP contribution < -0.4 is 26.7 Å². The number of anilines is 2. The summed E-state index contributed by atoms with van der Waals surface area (Å²) < 4.78 is 1.62. The number of β-lactam (4-membered cyclic amide) rings is 1. The Morgan fingerprint density at radius 3 is 2.73 bits per heavy atom. The van der Waals surface area contributed by atoms with Crippen LogP contribution in [0.5, 0.6) is 0 Å². The fourth-order valence-electron chi connectivity index (χ4n) is 5.07. The number of nitrogen functional groups attached to an aromatic ring is 1. The number of fused-ring (bicyclic) bond motifs is 2. The van der Waals surface area contributed by atoms with Crippen molar-refractivity contribution in [2.24, 2.45) is 5.16 Å². The Labute approximate surface area is 266 Å². The second-order valence-corrected chi connectivity index (χ2v) is 14.1. The van der Waals surface area contributed by atoms with Crippen LogP contribution in [-0.4, -0.2) is 87.0 Å². The van der Waals surface area contributed by atoms with Gasteiger partial charge in [-0.2, -0.15) is 0 Å². The van der Waals surface area contributed by atoms with E-state index in [0.29, 0.717) is 11.0 Å². The summed E-state index contributed by atoms with van der Waals surface area (Å²) in [5.74, 6) is -2.45. The molecule has 3 aliphatic rings. The summed E-state index contributed by atoms with van der Waals surface area (Å²) in [4.78, 5) is 58.2. The van der Waals surface area contributed by atoms with Gasteiger partial charge >= 0.3 is 5.97 Å². The predicted molar refractivity (Wildman–Crippen MR) is 173 cm³/mol. The molecule has 228 valence electrons. The number of hydrogen-bond acceptors (Lipinski definition) is 14. The fourth-order valence-corrected chi connectivity index (χ4v) is 8.95. The van der Waals surface area contributed by atoms with Crippen LogP contribution in [0.4, 0.5) is 10.8 Å². The second kappa shape index (κ2) is 12.6. The number of hydrogen-bond donors (Lipinski definition) is 5. The topological polar surface area (TPSA) is 191 Å². The molecule has 2 aromatic heterocycles. The number of thioether (sulfide) groups is 2. The number of rotatable bonds is 8. The van der Waals surface area contributed by atoms with Crippen molar-refractivity contribution < 1.29 is 24.7 Å². The summed E-state index contributed by atoms with van der Waals surface area (Å²) in [5.41, 5.74) is 6.48. The molecular formula is C27H25N7O6S4. The maximum Gasteiger partial charge on any atom is 0.352 e. The van der Waals surface area contributed by atoms with Crippen LogP contribution in [0, 0.1) is 0 Å². The first-order valence-electron chi connectivity index (χ1n) is 13.3. The lowest BCUT2D eigenvalue weighted by Gasteiger charge is -2.49. The number of thiazole rings is 1. The van der Waals surface area contributed by atoms with E-state index < -0.39 is 34.9 Å². The first-order chi connectivity index (χ1) is 21.2. The molecule has 2 saturated heterocycles. The van der Waals surface area contributed by atoms with Crippen LogP contribution in [0.25, 0.3) is 10.1 Å². The molecule has 3 aliphatic heterocycles. The number of oxime groups is 1. The summed E-state index contributed by atoms with van der Waals surface area (Å²) in [6, 6.07) is 6.43. The van der Waals surface area contributed by atoms with Gasteiger partial charge in [0.1, 0.15) is 22.8 Å². The highest BCUT2D eigenvalue weighted by atomic mass is 32.2. The van der Waals surface area contributed by atoms with Gasteiger partial charge in [-0.3, -0.25) is 19.3 Å². The highest BCUT2D eigenvalue weighted by Gasteiger charge is 2.54. The van der Waals surface area contributed by atoms with Crippen LogP contribution >= 0.6 is 46.2 Å². The van der Waals surface area contributed by atoms with E-state index in [0.717, 1.165) is 57.0 Å². The number of carboxylic acid groups (broad SMARTS) is 1.